The Balaban J connectivity index is 3.32. The smallest absolute Gasteiger partial charge is 0.333 e. The molecule has 0 fully saturated rings. The molecule has 0 unspecified atom stereocenters. The first kappa shape index (κ1) is 15.3. The molecule has 0 radical (unpaired) electrons. The highest BCUT2D eigenvalue weighted by Gasteiger charge is 2.11. The summed E-state index contributed by atoms with van der Waals surface area (Å²) in [6, 6.07) is 0. The zero-order valence-corrected chi connectivity index (χ0v) is 10.1. The molecule has 0 aromatic heterocycles. The van der Waals surface area contributed by atoms with E-state index in [9.17, 15) is 9.36 Å². The fourth-order valence-corrected chi connectivity index (χ4v) is 1.10. The zero-order chi connectivity index (χ0) is 12.6. The van der Waals surface area contributed by atoms with Crippen molar-refractivity contribution >= 4 is 13.6 Å². The van der Waals surface area contributed by atoms with Crippen molar-refractivity contribution in [3.8, 4) is 0 Å². The number of rotatable bonds is 8. The van der Waals surface area contributed by atoms with Crippen molar-refractivity contribution in [2.75, 3.05) is 26.0 Å². The Bertz CT molecular complexity index is 282. The minimum absolute atomic E-state index is 0.00128. The van der Waals surface area contributed by atoms with Gasteiger partial charge in [-0.15, -0.1) is 0 Å². The Morgan fingerprint density at radius 3 is 2.44 bits per heavy atom. The summed E-state index contributed by atoms with van der Waals surface area (Å²) in [5.74, 6) is -0.449. The Morgan fingerprint density at radius 1 is 1.31 bits per heavy atom. The third-order valence-electron chi connectivity index (χ3n) is 1.54. The van der Waals surface area contributed by atoms with E-state index in [0.29, 0.717) is 18.6 Å². The predicted molar refractivity (Wildman–Crippen MR) is 58.1 cm³/mol. The molecular formula is C9H17O6P. The number of ether oxygens (including phenoxy) is 2. The third-order valence-corrected chi connectivity index (χ3v) is 2.31. The zero-order valence-electron chi connectivity index (χ0n) is 9.22. The molecule has 0 aromatic carbocycles. The number of hydrogen-bond acceptors (Lipinski definition) is 4. The van der Waals surface area contributed by atoms with Crippen LogP contribution < -0.4 is 0 Å². The molecule has 0 aliphatic carbocycles. The minimum atomic E-state index is -3.97. The Labute approximate surface area is 94.4 Å². The van der Waals surface area contributed by atoms with Gasteiger partial charge in [-0.3, -0.25) is 4.57 Å². The predicted octanol–water partition coefficient (Wildman–Crippen LogP) is 0.690. The Morgan fingerprint density at radius 2 is 1.94 bits per heavy atom. The van der Waals surface area contributed by atoms with Crippen LogP contribution in [0.15, 0.2) is 12.2 Å². The SMILES string of the molecule is C=C(C)C(=O)OCCCOCCP(=O)(O)O. The molecule has 0 atom stereocenters. The summed E-state index contributed by atoms with van der Waals surface area (Å²) in [6.45, 7) is 5.48. The van der Waals surface area contributed by atoms with Gasteiger partial charge in [0, 0.05) is 18.6 Å². The van der Waals surface area contributed by atoms with Gasteiger partial charge in [0.15, 0.2) is 0 Å². The first-order valence-corrected chi connectivity index (χ1v) is 6.57. The van der Waals surface area contributed by atoms with Gasteiger partial charge in [-0.05, 0) is 6.92 Å². The summed E-state index contributed by atoms with van der Waals surface area (Å²) in [7, 11) is -3.97. The van der Waals surface area contributed by atoms with E-state index in [2.05, 4.69) is 6.58 Å². The van der Waals surface area contributed by atoms with Crippen molar-refractivity contribution in [2.45, 2.75) is 13.3 Å². The minimum Gasteiger partial charge on any atom is -0.462 e. The van der Waals surface area contributed by atoms with E-state index < -0.39 is 13.6 Å². The van der Waals surface area contributed by atoms with Gasteiger partial charge >= 0.3 is 13.6 Å². The van der Waals surface area contributed by atoms with E-state index in [1.165, 1.54) is 0 Å². The van der Waals surface area contributed by atoms with Crippen LogP contribution in [-0.2, 0) is 18.8 Å². The van der Waals surface area contributed by atoms with Crippen LogP contribution in [0, 0.1) is 0 Å². The summed E-state index contributed by atoms with van der Waals surface area (Å²) in [5.41, 5.74) is 0.336. The van der Waals surface area contributed by atoms with Gasteiger partial charge in [0.25, 0.3) is 0 Å². The highest BCUT2D eigenvalue weighted by molar-refractivity contribution is 7.51. The Hall–Kier alpha value is -0.680. The highest BCUT2D eigenvalue weighted by atomic mass is 31.2. The van der Waals surface area contributed by atoms with Crippen molar-refractivity contribution in [1.82, 2.24) is 0 Å². The molecule has 0 saturated carbocycles. The monoisotopic (exact) mass is 252 g/mol. The van der Waals surface area contributed by atoms with Crippen LogP contribution in [0.3, 0.4) is 0 Å². The van der Waals surface area contributed by atoms with E-state index in [4.69, 9.17) is 19.3 Å². The van der Waals surface area contributed by atoms with Crippen LogP contribution in [0.5, 0.6) is 0 Å². The molecule has 0 rings (SSSR count). The second-order valence-corrected chi connectivity index (χ2v) is 5.05. The van der Waals surface area contributed by atoms with Gasteiger partial charge in [-0.2, -0.15) is 0 Å². The average Bonchev–Trinajstić information content (AvgIpc) is 2.14. The second-order valence-electron chi connectivity index (χ2n) is 3.27. The molecule has 0 aromatic rings. The molecule has 0 aliphatic heterocycles. The molecule has 6 nitrogen and oxygen atoms in total. The van der Waals surface area contributed by atoms with Crippen LogP contribution in [0.25, 0.3) is 0 Å². The Kier molecular flexibility index (Phi) is 7.25. The van der Waals surface area contributed by atoms with E-state index in [1.807, 2.05) is 0 Å². The maximum absolute atomic E-state index is 10.9. The van der Waals surface area contributed by atoms with Crippen LogP contribution in [0.2, 0.25) is 0 Å². The van der Waals surface area contributed by atoms with E-state index >= 15 is 0 Å². The molecule has 0 spiro atoms. The maximum Gasteiger partial charge on any atom is 0.333 e. The van der Waals surface area contributed by atoms with Crippen LogP contribution in [-0.4, -0.2) is 41.7 Å². The third kappa shape index (κ3) is 9.86. The summed E-state index contributed by atoms with van der Waals surface area (Å²) in [4.78, 5) is 27.9. The molecule has 94 valence electrons. The van der Waals surface area contributed by atoms with E-state index in [1.54, 1.807) is 6.92 Å². The van der Waals surface area contributed by atoms with E-state index in [-0.39, 0.29) is 19.4 Å². The van der Waals surface area contributed by atoms with Gasteiger partial charge in [0.05, 0.1) is 19.4 Å². The lowest BCUT2D eigenvalue weighted by molar-refractivity contribution is -0.139. The quantitative estimate of drug-likeness (QED) is 0.286. The number of hydrogen-bond donors (Lipinski definition) is 2. The van der Waals surface area contributed by atoms with Crippen LogP contribution in [0.4, 0.5) is 0 Å². The lowest BCUT2D eigenvalue weighted by Crippen LogP contribution is -2.09. The molecule has 7 heteroatoms. The molecule has 0 bridgehead atoms. The fourth-order valence-electron chi connectivity index (χ4n) is 0.735. The van der Waals surface area contributed by atoms with Crippen molar-refractivity contribution in [3.63, 3.8) is 0 Å². The second kappa shape index (κ2) is 7.57. The van der Waals surface area contributed by atoms with Gasteiger partial charge in [0.2, 0.25) is 0 Å². The molecule has 0 aliphatic rings. The van der Waals surface area contributed by atoms with E-state index in [0.717, 1.165) is 0 Å². The topological polar surface area (TPSA) is 93.1 Å². The number of carbonyl (C=O) groups excluding carboxylic acids is 1. The summed E-state index contributed by atoms with van der Waals surface area (Å²) >= 11 is 0. The lowest BCUT2D eigenvalue weighted by atomic mass is 10.4. The van der Waals surface area contributed by atoms with Crippen molar-refractivity contribution in [2.24, 2.45) is 0 Å². The number of esters is 1. The van der Waals surface area contributed by atoms with Crippen molar-refractivity contribution < 1.29 is 28.6 Å². The van der Waals surface area contributed by atoms with Gasteiger partial charge in [-0.25, -0.2) is 4.79 Å². The standard InChI is InChI=1S/C9H17O6P/c1-8(2)9(10)15-5-3-4-14-6-7-16(11,12)13/h1,3-7H2,2H3,(H2,11,12,13). The van der Waals surface area contributed by atoms with Crippen LogP contribution in [0.1, 0.15) is 13.3 Å². The highest BCUT2D eigenvalue weighted by Crippen LogP contribution is 2.33. The molecule has 0 saturated heterocycles. The first-order valence-electron chi connectivity index (χ1n) is 4.78. The van der Waals surface area contributed by atoms with Gasteiger partial charge < -0.3 is 19.3 Å². The van der Waals surface area contributed by atoms with Crippen molar-refractivity contribution in [3.05, 3.63) is 12.2 Å². The average molecular weight is 252 g/mol. The lowest BCUT2D eigenvalue weighted by Gasteiger charge is -2.06. The normalized spacial score (nSPS) is 11.2. The summed E-state index contributed by atoms with van der Waals surface area (Å²) in [5, 5.41) is 0. The molecular weight excluding hydrogens is 235 g/mol. The van der Waals surface area contributed by atoms with Gasteiger partial charge in [0.1, 0.15) is 0 Å². The summed E-state index contributed by atoms with van der Waals surface area (Å²) in [6.07, 6.45) is 0.193. The van der Waals surface area contributed by atoms with Gasteiger partial charge in [-0.1, -0.05) is 6.58 Å². The van der Waals surface area contributed by atoms with Crippen molar-refractivity contribution in [1.29, 1.82) is 0 Å². The number of carbonyl (C=O) groups is 1. The largest absolute Gasteiger partial charge is 0.462 e. The molecule has 0 amide bonds. The molecule has 0 heterocycles. The summed E-state index contributed by atoms with van der Waals surface area (Å²) < 4.78 is 20.1. The first-order chi connectivity index (χ1) is 7.33. The molecule has 2 N–H and O–H groups in total. The maximum atomic E-state index is 10.9. The van der Waals surface area contributed by atoms with Crippen LogP contribution >= 0.6 is 7.60 Å². The molecule has 16 heavy (non-hydrogen) atoms. The fraction of sp³-hybridized carbons (Fsp3) is 0.667.